The van der Waals surface area contributed by atoms with Crippen molar-refractivity contribution in [1.29, 1.82) is 0 Å². The van der Waals surface area contributed by atoms with E-state index >= 15 is 0 Å². The highest BCUT2D eigenvalue weighted by Crippen LogP contribution is 2.38. The summed E-state index contributed by atoms with van der Waals surface area (Å²) in [5, 5.41) is 22.4. The zero-order valence-electron chi connectivity index (χ0n) is 18.2. The highest BCUT2D eigenvalue weighted by Gasteiger charge is 2.24. The summed E-state index contributed by atoms with van der Waals surface area (Å²) in [6.45, 7) is 2.93. The number of fused-ring (bicyclic) bond motifs is 1. The van der Waals surface area contributed by atoms with Gasteiger partial charge >= 0.3 is 0 Å². The normalized spacial score (nSPS) is 15.4. The molecule has 172 valence electrons. The summed E-state index contributed by atoms with van der Waals surface area (Å²) in [4.78, 5) is 0. The van der Waals surface area contributed by atoms with E-state index in [-0.39, 0.29) is 5.75 Å². The Kier molecular flexibility index (Phi) is 6.98. The Morgan fingerprint density at radius 1 is 1.25 bits per heavy atom. The van der Waals surface area contributed by atoms with Gasteiger partial charge in [0.15, 0.2) is 0 Å². The van der Waals surface area contributed by atoms with Gasteiger partial charge in [0.1, 0.15) is 12.4 Å². The molecule has 0 radical (unpaired) electrons. The molecule has 1 fully saturated rings. The SMILES string of the molecule is CCS(=O)(=O)Nc1cccc([C@@H](O)CNCCOc2ccc3c(C4CCC4)n[nH]c3c2)c1. The molecule has 0 unspecified atom stereocenters. The number of H-pyrrole nitrogens is 1. The second-order valence-corrected chi connectivity index (χ2v) is 10.2. The Bertz CT molecular complexity index is 1160. The lowest BCUT2D eigenvalue weighted by Crippen LogP contribution is -2.26. The van der Waals surface area contributed by atoms with E-state index in [1.165, 1.54) is 30.3 Å². The molecule has 1 atom stereocenters. The van der Waals surface area contributed by atoms with E-state index in [0.29, 0.717) is 36.9 Å². The molecule has 3 aromatic rings. The molecule has 4 rings (SSSR count). The highest BCUT2D eigenvalue weighted by molar-refractivity contribution is 7.92. The molecular weight excluding hydrogens is 428 g/mol. The van der Waals surface area contributed by atoms with Gasteiger partial charge in [-0.3, -0.25) is 9.82 Å². The lowest BCUT2D eigenvalue weighted by Gasteiger charge is -2.23. The fourth-order valence-corrected chi connectivity index (χ4v) is 4.39. The summed E-state index contributed by atoms with van der Waals surface area (Å²) in [7, 11) is -3.35. The van der Waals surface area contributed by atoms with Crippen molar-refractivity contribution < 1.29 is 18.3 Å². The second-order valence-electron chi connectivity index (χ2n) is 8.14. The van der Waals surface area contributed by atoms with E-state index in [1.54, 1.807) is 31.2 Å². The number of nitrogens with one attached hydrogen (secondary N) is 3. The zero-order valence-corrected chi connectivity index (χ0v) is 19.0. The predicted octanol–water partition coefficient (Wildman–Crippen LogP) is 3.29. The number of nitrogens with zero attached hydrogens (tertiary/aromatic N) is 1. The molecule has 2 aromatic carbocycles. The fourth-order valence-electron chi connectivity index (χ4n) is 3.76. The summed E-state index contributed by atoms with van der Waals surface area (Å²) in [5.41, 5.74) is 3.24. The van der Waals surface area contributed by atoms with Crippen molar-refractivity contribution in [3.63, 3.8) is 0 Å². The van der Waals surface area contributed by atoms with Gasteiger partial charge in [0.2, 0.25) is 10.0 Å². The number of rotatable bonds is 11. The van der Waals surface area contributed by atoms with Crippen molar-refractivity contribution in [2.45, 2.75) is 38.2 Å². The van der Waals surface area contributed by atoms with Crippen LogP contribution in [-0.2, 0) is 10.0 Å². The minimum Gasteiger partial charge on any atom is -0.492 e. The van der Waals surface area contributed by atoms with Crippen LogP contribution in [0.4, 0.5) is 5.69 Å². The number of hydrogen-bond donors (Lipinski definition) is 4. The van der Waals surface area contributed by atoms with Crippen molar-refractivity contribution in [2.24, 2.45) is 0 Å². The number of benzene rings is 2. The Hall–Kier alpha value is -2.62. The first kappa shape index (κ1) is 22.6. The van der Waals surface area contributed by atoms with E-state index < -0.39 is 16.1 Å². The summed E-state index contributed by atoms with van der Waals surface area (Å²) < 4.78 is 31.8. The molecule has 4 N–H and O–H groups in total. The van der Waals surface area contributed by atoms with Gasteiger partial charge in [-0.25, -0.2) is 8.42 Å². The summed E-state index contributed by atoms with van der Waals surface area (Å²) in [6, 6.07) is 12.8. The highest BCUT2D eigenvalue weighted by atomic mass is 32.2. The van der Waals surface area contributed by atoms with Gasteiger partial charge in [0, 0.05) is 36.1 Å². The van der Waals surface area contributed by atoms with Crippen LogP contribution in [0, 0.1) is 0 Å². The van der Waals surface area contributed by atoms with Crippen LogP contribution in [0.1, 0.15) is 49.5 Å². The minimum absolute atomic E-state index is 0.00365. The van der Waals surface area contributed by atoms with Crippen LogP contribution in [0.2, 0.25) is 0 Å². The maximum absolute atomic E-state index is 11.7. The molecule has 0 aliphatic heterocycles. The average molecular weight is 459 g/mol. The number of hydrogen-bond acceptors (Lipinski definition) is 6. The molecule has 0 amide bonds. The van der Waals surface area contributed by atoms with Crippen molar-refractivity contribution in [2.75, 3.05) is 30.2 Å². The third-order valence-corrected chi connectivity index (χ3v) is 7.17. The first-order valence-corrected chi connectivity index (χ1v) is 12.7. The Morgan fingerprint density at radius 3 is 2.84 bits per heavy atom. The number of sulfonamides is 1. The molecule has 0 spiro atoms. The number of aromatic amines is 1. The zero-order chi connectivity index (χ0) is 22.6. The lowest BCUT2D eigenvalue weighted by atomic mass is 9.82. The molecule has 1 heterocycles. The quantitative estimate of drug-likeness (QED) is 0.328. The van der Waals surface area contributed by atoms with Gasteiger partial charge < -0.3 is 15.2 Å². The Labute approximate surface area is 188 Å². The summed E-state index contributed by atoms with van der Waals surface area (Å²) in [6.07, 6.45) is 2.96. The molecule has 1 aromatic heterocycles. The van der Waals surface area contributed by atoms with Gasteiger partial charge in [0.05, 0.1) is 23.1 Å². The van der Waals surface area contributed by atoms with Crippen LogP contribution in [0.3, 0.4) is 0 Å². The third kappa shape index (κ3) is 5.40. The minimum atomic E-state index is -3.35. The first-order valence-electron chi connectivity index (χ1n) is 11.1. The number of aromatic nitrogens is 2. The number of ether oxygens (including phenoxy) is 1. The van der Waals surface area contributed by atoms with E-state index in [9.17, 15) is 13.5 Å². The summed E-state index contributed by atoms with van der Waals surface area (Å²) >= 11 is 0. The van der Waals surface area contributed by atoms with E-state index in [1.807, 2.05) is 12.1 Å². The van der Waals surface area contributed by atoms with Crippen LogP contribution in [0.25, 0.3) is 10.9 Å². The van der Waals surface area contributed by atoms with E-state index in [4.69, 9.17) is 4.74 Å². The van der Waals surface area contributed by atoms with Gasteiger partial charge in [-0.2, -0.15) is 5.10 Å². The smallest absolute Gasteiger partial charge is 0.232 e. The van der Waals surface area contributed by atoms with Gasteiger partial charge in [0.25, 0.3) is 0 Å². The van der Waals surface area contributed by atoms with Gasteiger partial charge in [-0.05, 0) is 49.6 Å². The van der Waals surface area contributed by atoms with Crippen molar-refractivity contribution in [3.05, 3.63) is 53.7 Å². The topological polar surface area (TPSA) is 116 Å². The maximum atomic E-state index is 11.7. The number of aliphatic hydroxyl groups is 1. The molecule has 0 bridgehead atoms. The van der Waals surface area contributed by atoms with Crippen LogP contribution in [0.5, 0.6) is 5.75 Å². The van der Waals surface area contributed by atoms with Crippen molar-refractivity contribution in [1.82, 2.24) is 15.5 Å². The van der Waals surface area contributed by atoms with Crippen LogP contribution in [0.15, 0.2) is 42.5 Å². The maximum Gasteiger partial charge on any atom is 0.232 e. The predicted molar refractivity (Wildman–Crippen MR) is 126 cm³/mol. The molecule has 1 aliphatic carbocycles. The monoisotopic (exact) mass is 458 g/mol. The molecule has 1 saturated carbocycles. The standard InChI is InChI=1S/C23H30N4O4S/c1-2-32(29,30)27-18-8-4-7-17(13-18)22(28)15-24-11-12-31-19-9-10-20-21(14-19)25-26-23(20)16-5-3-6-16/h4,7-10,13-14,16,22,24,27-28H,2-3,5-6,11-12,15H2,1H3,(H,25,26)/t22-/m0/s1. The van der Waals surface area contributed by atoms with Gasteiger partial charge in [-0.15, -0.1) is 0 Å². The largest absolute Gasteiger partial charge is 0.492 e. The van der Waals surface area contributed by atoms with Crippen LogP contribution in [-0.4, -0.2) is 49.2 Å². The number of aliphatic hydroxyl groups excluding tert-OH is 1. The Morgan fingerprint density at radius 2 is 2.09 bits per heavy atom. The summed E-state index contributed by atoms with van der Waals surface area (Å²) in [5.74, 6) is 1.36. The van der Waals surface area contributed by atoms with E-state index in [0.717, 1.165) is 11.3 Å². The third-order valence-electron chi connectivity index (χ3n) is 5.87. The molecule has 32 heavy (non-hydrogen) atoms. The first-order chi connectivity index (χ1) is 15.4. The molecule has 0 saturated heterocycles. The molecule has 8 nitrogen and oxygen atoms in total. The number of anilines is 1. The van der Waals surface area contributed by atoms with Gasteiger partial charge in [-0.1, -0.05) is 18.6 Å². The Balaban J connectivity index is 1.23. The molecule has 1 aliphatic rings. The molecular formula is C23H30N4O4S. The molecule has 9 heteroatoms. The van der Waals surface area contributed by atoms with Crippen molar-refractivity contribution >= 4 is 26.6 Å². The fraction of sp³-hybridized carbons (Fsp3) is 0.435. The average Bonchev–Trinajstić information content (AvgIpc) is 3.15. The van der Waals surface area contributed by atoms with E-state index in [2.05, 4.69) is 26.3 Å². The lowest BCUT2D eigenvalue weighted by molar-refractivity contribution is 0.172. The van der Waals surface area contributed by atoms with Crippen LogP contribution < -0.4 is 14.8 Å². The second kappa shape index (κ2) is 9.89. The van der Waals surface area contributed by atoms with Crippen LogP contribution >= 0.6 is 0 Å². The van der Waals surface area contributed by atoms with Crippen molar-refractivity contribution in [3.8, 4) is 5.75 Å².